The maximum atomic E-state index is 5.42. The smallest absolute Gasteiger partial charge is 0.122 e. The molecule has 88 valence electrons. The number of fused-ring (bicyclic) bond motifs is 1. The van der Waals surface area contributed by atoms with Crippen molar-refractivity contribution in [2.45, 2.75) is 30.4 Å². The number of ether oxygens (including phenoxy) is 1. The molecule has 2 N–H and O–H groups in total. The fourth-order valence-corrected chi connectivity index (χ4v) is 2.79. The number of pyridine rings is 1. The summed E-state index contributed by atoms with van der Waals surface area (Å²) in [4.78, 5) is 4.44. The third-order valence-electron chi connectivity index (χ3n) is 2.75. The summed E-state index contributed by atoms with van der Waals surface area (Å²) in [7, 11) is 3.63. The van der Waals surface area contributed by atoms with Crippen LogP contribution in [0.4, 0.5) is 11.4 Å². The van der Waals surface area contributed by atoms with E-state index in [0.29, 0.717) is 5.37 Å². The van der Waals surface area contributed by atoms with Gasteiger partial charge in [-0.3, -0.25) is 0 Å². The summed E-state index contributed by atoms with van der Waals surface area (Å²) in [5.41, 5.74) is 3.29. The van der Waals surface area contributed by atoms with E-state index >= 15 is 0 Å². The molecule has 0 radical (unpaired) electrons. The summed E-state index contributed by atoms with van der Waals surface area (Å²) in [5, 5.41) is 8.03. The van der Waals surface area contributed by atoms with Crippen LogP contribution in [0, 0.1) is 0 Å². The first-order valence-electron chi connectivity index (χ1n) is 5.34. The third kappa shape index (κ3) is 1.85. The number of methoxy groups -OCH3 is 1. The van der Waals surface area contributed by atoms with Gasteiger partial charge in [0.1, 0.15) is 5.03 Å². The average Bonchev–Trinajstić information content (AvgIpc) is 2.66. The number of thioether (sulfide) groups is 1. The monoisotopic (exact) mass is 239 g/mol. The SMILES string of the molecule is CNc1cnc2c(c1C(C)OC)NC(C)S2. The Labute approximate surface area is 100 Å². The summed E-state index contributed by atoms with van der Waals surface area (Å²) in [6.45, 7) is 4.18. The summed E-state index contributed by atoms with van der Waals surface area (Å²) < 4.78 is 5.42. The lowest BCUT2D eigenvalue weighted by Gasteiger charge is -2.18. The van der Waals surface area contributed by atoms with Crippen LogP contribution in [0.3, 0.4) is 0 Å². The molecule has 1 aromatic rings. The zero-order chi connectivity index (χ0) is 11.7. The zero-order valence-corrected chi connectivity index (χ0v) is 10.8. The Kier molecular flexibility index (Phi) is 3.25. The van der Waals surface area contributed by atoms with Crippen molar-refractivity contribution >= 4 is 23.1 Å². The van der Waals surface area contributed by atoms with Gasteiger partial charge in [-0.25, -0.2) is 4.98 Å². The van der Waals surface area contributed by atoms with Gasteiger partial charge in [-0.15, -0.1) is 0 Å². The molecule has 0 aliphatic carbocycles. The van der Waals surface area contributed by atoms with E-state index in [9.17, 15) is 0 Å². The maximum Gasteiger partial charge on any atom is 0.122 e. The second kappa shape index (κ2) is 4.51. The van der Waals surface area contributed by atoms with Gasteiger partial charge in [-0.2, -0.15) is 0 Å². The van der Waals surface area contributed by atoms with Gasteiger partial charge in [0.25, 0.3) is 0 Å². The molecule has 0 fully saturated rings. The molecular weight excluding hydrogens is 222 g/mol. The molecule has 2 atom stereocenters. The minimum absolute atomic E-state index is 0.0533. The van der Waals surface area contributed by atoms with Crippen LogP contribution >= 0.6 is 11.8 Å². The number of nitrogens with zero attached hydrogens (tertiary/aromatic N) is 1. The molecule has 0 saturated carbocycles. The lowest BCUT2D eigenvalue weighted by Crippen LogP contribution is -2.09. The Morgan fingerprint density at radius 2 is 2.38 bits per heavy atom. The van der Waals surface area contributed by atoms with Crippen molar-refractivity contribution in [2.24, 2.45) is 0 Å². The second-order valence-corrected chi connectivity index (χ2v) is 5.13. The fraction of sp³-hybridized carbons (Fsp3) is 0.545. The summed E-state index contributed by atoms with van der Waals surface area (Å²) >= 11 is 1.75. The molecule has 2 rings (SSSR count). The summed E-state index contributed by atoms with van der Waals surface area (Å²) in [6, 6.07) is 0. The average molecular weight is 239 g/mol. The minimum Gasteiger partial charge on any atom is -0.387 e. The predicted octanol–water partition coefficient (Wildman–Crippen LogP) is 2.69. The number of anilines is 2. The van der Waals surface area contributed by atoms with Gasteiger partial charge in [0, 0.05) is 19.7 Å². The van der Waals surface area contributed by atoms with Gasteiger partial charge in [-0.1, -0.05) is 11.8 Å². The van der Waals surface area contributed by atoms with Crippen LogP contribution in [0.25, 0.3) is 0 Å². The van der Waals surface area contributed by atoms with Crippen LogP contribution in [-0.4, -0.2) is 24.5 Å². The van der Waals surface area contributed by atoms with E-state index < -0.39 is 0 Å². The molecule has 4 nitrogen and oxygen atoms in total. The quantitative estimate of drug-likeness (QED) is 0.849. The van der Waals surface area contributed by atoms with Crippen molar-refractivity contribution in [2.75, 3.05) is 24.8 Å². The van der Waals surface area contributed by atoms with Crippen molar-refractivity contribution in [1.82, 2.24) is 4.98 Å². The molecule has 2 heterocycles. The van der Waals surface area contributed by atoms with Crippen LogP contribution in [-0.2, 0) is 4.74 Å². The molecule has 1 aromatic heterocycles. The van der Waals surface area contributed by atoms with Crippen molar-refractivity contribution in [1.29, 1.82) is 0 Å². The van der Waals surface area contributed by atoms with E-state index in [1.807, 2.05) is 20.2 Å². The van der Waals surface area contributed by atoms with Crippen LogP contribution in [0.1, 0.15) is 25.5 Å². The van der Waals surface area contributed by atoms with Crippen molar-refractivity contribution < 1.29 is 4.74 Å². The Morgan fingerprint density at radius 1 is 1.62 bits per heavy atom. The highest BCUT2D eigenvalue weighted by Gasteiger charge is 2.26. The minimum atomic E-state index is 0.0533. The summed E-state index contributed by atoms with van der Waals surface area (Å²) in [6.07, 6.45) is 1.92. The number of nitrogens with one attached hydrogen (secondary N) is 2. The standard InChI is InChI=1S/C11H17N3OS/c1-6(15-4)9-8(12-3)5-13-11-10(9)14-7(2)16-11/h5-7,12,14H,1-4H3. The first-order chi connectivity index (χ1) is 7.67. The largest absolute Gasteiger partial charge is 0.387 e. The van der Waals surface area contributed by atoms with Gasteiger partial charge in [0.05, 0.1) is 29.0 Å². The highest BCUT2D eigenvalue weighted by atomic mass is 32.2. The predicted molar refractivity (Wildman–Crippen MR) is 68.1 cm³/mol. The van der Waals surface area contributed by atoms with Crippen molar-refractivity contribution in [3.8, 4) is 0 Å². The molecule has 16 heavy (non-hydrogen) atoms. The van der Waals surface area contributed by atoms with Crippen LogP contribution < -0.4 is 10.6 Å². The van der Waals surface area contributed by atoms with E-state index in [2.05, 4.69) is 22.5 Å². The number of hydrogen-bond acceptors (Lipinski definition) is 5. The van der Waals surface area contributed by atoms with Crippen LogP contribution in [0.5, 0.6) is 0 Å². The number of rotatable bonds is 3. The van der Waals surface area contributed by atoms with Gasteiger partial charge in [-0.05, 0) is 13.8 Å². The van der Waals surface area contributed by atoms with Crippen molar-refractivity contribution in [3.05, 3.63) is 11.8 Å². The number of hydrogen-bond donors (Lipinski definition) is 2. The fourth-order valence-electron chi connectivity index (χ4n) is 1.88. The molecule has 0 amide bonds. The van der Waals surface area contributed by atoms with E-state index in [-0.39, 0.29) is 6.10 Å². The normalized spacial score (nSPS) is 20.1. The van der Waals surface area contributed by atoms with Gasteiger partial charge in [0.2, 0.25) is 0 Å². The van der Waals surface area contributed by atoms with E-state index in [1.54, 1.807) is 18.9 Å². The lowest BCUT2D eigenvalue weighted by atomic mass is 10.1. The molecular formula is C11H17N3OS. The Balaban J connectivity index is 2.51. The number of aromatic nitrogens is 1. The van der Waals surface area contributed by atoms with Crippen molar-refractivity contribution in [3.63, 3.8) is 0 Å². The zero-order valence-electron chi connectivity index (χ0n) is 10.00. The molecule has 0 saturated heterocycles. The van der Waals surface area contributed by atoms with E-state index in [0.717, 1.165) is 22.0 Å². The molecule has 0 spiro atoms. The Morgan fingerprint density at radius 3 is 3.00 bits per heavy atom. The molecule has 5 heteroatoms. The molecule has 0 aromatic carbocycles. The van der Waals surface area contributed by atoms with Gasteiger partial charge in [0.15, 0.2) is 0 Å². The van der Waals surface area contributed by atoms with Gasteiger partial charge >= 0.3 is 0 Å². The Bertz CT molecular complexity index is 397. The molecule has 1 aliphatic heterocycles. The van der Waals surface area contributed by atoms with E-state index in [1.165, 1.54) is 0 Å². The highest BCUT2D eigenvalue weighted by Crippen LogP contribution is 2.44. The molecule has 2 unspecified atom stereocenters. The first kappa shape index (κ1) is 11.5. The van der Waals surface area contributed by atoms with Crippen LogP contribution in [0.2, 0.25) is 0 Å². The highest BCUT2D eigenvalue weighted by molar-refractivity contribution is 8.00. The van der Waals surface area contributed by atoms with Crippen LogP contribution in [0.15, 0.2) is 11.2 Å². The summed E-state index contributed by atoms with van der Waals surface area (Å²) in [5.74, 6) is 0. The molecule has 1 aliphatic rings. The maximum absolute atomic E-state index is 5.42. The third-order valence-corrected chi connectivity index (χ3v) is 3.75. The Hall–Kier alpha value is -0.940. The molecule has 0 bridgehead atoms. The second-order valence-electron chi connectivity index (χ2n) is 3.80. The van der Waals surface area contributed by atoms with Gasteiger partial charge < -0.3 is 15.4 Å². The topological polar surface area (TPSA) is 46.2 Å². The lowest BCUT2D eigenvalue weighted by molar-refractivity contribution is 0.120. The first-order valence-corrected chi connectivity index (χ1v) is 6.22. The van der Waals surface area contributed by atoms with E-state index in [4.69, 9.17) is 4.74 Å².